The molecule has 4 rings (SSSR count). The Morgan fingerprint density at radius 2 is 1.89 bits per heavy atom. The van der Waals surface area contributed by atoms with E-state index in [2.05, 4.69) is 10.6 Å². The van der Waals surface area contributed by atoms with Crippen LogP contribution in [0, 0.1) is 12.7 Å². The van der Waals surface area contributed by atoms with Gasteiger partial charge in [0.2, 0.25) is 23.5 Å². The Morgan fingerprint density at radius 3 is 2.47 bits per heavy atom. The molecule has 36 heavy (non-hydrogen) atoms. The minimum atomic E-state index is -4.52. The van der Waals surface area contributed by atoms with Crippen LogP contribution in [-0.2, 0) is 15.9 Å². The van der Waals surface area contributed by atoms with Gasteiger partial charge >= 0.3 is 0 Å². The van der Waals surface area contributed by atoms with Gasteiger partial charge < -0.3 is 16.4 Å². The lowest BCUT2D eigenvalue weighted by Crippen LogP contribution is -2.74. The van der Waals surface area contributed by atoms with E-state index in [0.29, 0.717) is 11.8 Å². The summed E-state index contributed by atoms with van der Waals surface area (Å²) in [6.07, 6.45) is -0.842. The van der Waals surface area contributed by atoms with Gasteiger partial charge in [-0.3, -0.25) is 4.79 Å². The number of alkyl halides is 2. The zero-order valence-electron chi connectivity index (χ0n) is 19.3. The Morgan fingerprint density at radius 1 is 1.19 bits per heavy atom. The first-order valence-electron chi connectivity index (χ1n) is 11.0. The molecule has 8 nitrogen and oxygen atoms in total. The Kier molecular flexibility index (Phi) is 6.52. The van der Waals surface area contributed by atoms with E-state index in [0.717, 1.165) is 26.0 Å². The molecule has 3 unspecified atom stereocenters. The molecule has 6 N–H and O–H groups in total. The second-order valence-electron chi connectivity index (χ2n) is 8.81. The average molecular weight is 528 g/mol. The highest BCUT2D eigenvalue weighted by atomic mass is 32.2. The molecule has 1 aliphatic carbocycles. The number of carbonyl (C=O) groups excluding carboxylic acids is 1. The number of anilines is 1. The van der Waals surface area contributed by atoms with Crippen molar-refractivity contribution in [3.05, 3.63) is 76.5 Å². The van der Waals surface area contributed by atoms with Gasteiger partial charge in [0.1, 0.15) is 5.82 Å². The largest absolute Gasteiger partial charge is 0.366 e. The molecule has 0 aromatic heterocycles. The molecule has 1 amide bonds. The minimum Gasteiger partial charge on any atom is -0.366 e. The van der Waals surface area contributed by atoms with Crippen molar-refractivity contribution in [2.24, 2.45) is 5.73 Å². The highest BCUT2D eigenvalue weighted by Gasteiger charge is 2.61. The summed E-state index contributed by atoms with van der Waals surface area (Å²) in [5, 5.41) is 4.54. The van der Waals surface area contributed by atoms with Crippen molar-refractivity contribution < 1.29 is 30.8 Å². The molecule has 1 saturated carbocycles. The maximum absolute atomic E-state index is 16.6. The standard InChI is InChI=1S/C23H25F4N5O3S/c1-12-15(20(28)33)4-3-5-16(12)22(27)19(25)11-30-23(21(22)26,32-36(34,35)29-2)31-18-9-8-14(10-17(18)24)13-6-7-13/h3-5,8-11,13,21,29-32H,6-7H2,1-2H3,(H2,28,33). The second kappa shape index (κ2) is 9.05. The number of halogens is 4. The zero-order valence-corrected chi connectivity index (χ0v) is 20.1. The van der Waals surface area contributed by atoms with Crippen LogP contribution in [0.4, 0.5) is 23.2 Å². The van der Waals surface area contributed by atoms with Gasteiger partial charge in [0.25, 0.3) is 10.2 Å². The molecule has 194 valence electrons. The molecule has 2 aliphatic rings. The summed E-state index contributed by atoms with van der Waals surface area (Å²) in [5.41, 5.74) is 1.12. The van der Waals surface area contributed by atoms with Crippen LogP contribution >= 0.6 is 0 Å². The van der Waals surface area contributed by atoms with E-state index < -0.39 is 51.0 Å². The maximum Gasteiger partial charge on any atom is 0.280 e. The van der Waals surface area contributed by atoms with E-state index in [4.69, 9.17) is 5.73 Å². The van der Waals surface area contributed by atoms with Crippen molar-refractivity contribution in [3.63, 3.8) is 0 Å². The van der Waals surface area contributed by atoms with E-state index in [9.17, 15) is 17.6 Å². The number of nitrogens with one attached hydrogen (secondary N) is 4. The Labute approximate surface area is 205 Å². The lowest BCUT2D eigenvalue weighted by atomic mass is 9.80. The highest BCUT2D eigenvalue weighted by molar-refractivity contribution is 7.87. The summed E-state index contributed by atoms with van der Waals surface area (Å²) in [6, 6.07) is 7.56. The van der Waals surface area contributed by atoms with Crippen molar-refractivity contribution in [1.29, 1.82) is 0 Å². The Bertz CT molecular complexity index is 1350. The molecule has 0 saturated heterocycles. The first-order chi connectivity index (χ1) is 16.8. The van der Waals surface area contributed by atoms with Crippen LogP contribution in [-0.4, -0.2) is 33.3 Å². The van der Waals surface area contributed by atoms with Crippen LogP contribution in [0.5, 0.6) is 0 Å². The quantitative estimate of drug-likeness (QED) is 0.267. The molecule has 13 heteroatoms. The van der Waals surface area contributed by atoms with Crippen molar-refractivity contribution in [2.45, 2.75) is 43.3 Å². The zero-order chi connectivity index (χ0) is 26.5. The first kappa shape index (κ1) is 25.9. The number of benzene rings is 2. The summed E-state index contributed by atoms with van der Waals surface area (Å²) >= 11 is 0. The van der Waals surface area contributed by atoms with Gasteiger partial charge in [0.05, 0.1) is 5.69 Å². The summed E-state index contributed by atoms with van der Waals surface area (Å²) in [7, 11) is -3.51. The molecular formula is C23H25F4N5O3S. The van der Waals surface area contributed by atoms with E-state index in [1.165, 1.54) is 31.2 Å². The van der Waals surface area contributed by atoms with E-state index in [1.807, 2.05) is 9.44 Å². The molecule has 3 atom stereocenters. The number of amides is 1. The molecule has 1 aliphatic heterocycles. The SMILES string of the molecule is CNS(=O)(=O)NC1(Nc2ccc(C3CC3)cc2F)NC=C(F)C(F)(c2cccc(C(N)=O)c2C)C1F. The lowest BCUT2D eigenvalue weighted by molar-refractivity contribution is -0.0101. The molecule has 1 heterocycles. The van der Waals surface area contributed by atoms with Crippen molar-refractivity contribution >= 4 is 21.8 Å². The van der Waals surface area contributed by atoms with Crippen molar-refractivity contribution in [2.75, 3.05) is 12.4 Å². The normalized spacial score (nSPS) is 26.2. The minimum absolute atomic E-state index is 0.147. The molecule has 0 bridgehead atoms. The summed E-state index contributed by atoms with van der Waals surface area (Å²) in [5.74, 6) is -6.04. The molecular weight excluding hydrogens is 502 g/mol. The van der Waals surface area contributed by atoms with Crippen LogP contribution in [0.25, 0.3) is 0 Å². The average Bonchev–Trinajstić information content (AvgIpc) is 3.67. The Hall–Kier alpha value is -3.16. The van der Waals surface area contributed by atoms with Crippen LogP contribution in [0.2, 0.25) is 0 Å². The molecule has 1 fully saturated rings. The number of nitrogens with two attached hydrogens (primary N) is 1. The fourth-order valence-corrected chi connectivity index (χ4v) is 5.06. The van der Waals surface area contributed by atoms with Gasteiger partial charge in [0, 0.05) is 24.4 Å². The third-order valence-electron chi connectivity index (χ3n) is 6.43. The summed E-state index contributed by atoms with van der Waals surface area (Å²) in [6.45, 7) is 1.25. The van der Waals surface area contributed by atoms with E-state index >= 15 is 13.2 Å². The van der Waals surface area contributed by atoms with Gasteiger partial charge in [-0.15, -0.1) is 0 Å². The summed E-state index contributed by atoms with van der Waals surface area (Å²) < 4.78 is 91.6. The smallest absolute Gasteiger partial charge is 0.280 e. The van der Waals surface area contributed by atoms with Gasteiger partial charge in [-0.05, 0) is 55.0 Å². The van der Waals surface area contributed by atoms with Crippen LogP contribution in [0.1, 0.15) is 45.8 Å². The Balaban J connectivity index is 1.85. The lowest BCUT2D eigenvalue weighted by Gasteiger charge is -2.46. The fraction of sp³-hybridized carbons (Fsp3) is 0.348. The first-order valence-corrected chi connectivity index (χ1v) is 12.5. The number of rotatable bonds is 8. The van der Waals surface area contributed by atoms with E-state index in [-0.39, 0.29) is 22.7 Å². The number of primary amides is 1. The summed E-state index contributed by atoms with van der Waals surface area (Å²) in [4.78, 5) is 11.8. The van der Waals surface area contributed by atoms with E-state index in [1.54, 1.807) is 6.07 Å². The van der Waals surface area contributed by atoms with Crippen molar-refractivity contribution in [3.8, 4) is 0 Å². The van der Waals surface area contributed by atoms with Gasteiger partial charge in [0.15, 0.2) is 5.83 Å². The predicted octanol–water partition coefficient (Wildman–Crippen LogP) is 2.85. The molecule has 2 aromatic carbocycles. The molecule has 2 aromatic rings. The second-order valence-corrected chi connectivity index (χ2v) is 10.4. The maximum atomic E-state index is 16.6. The third-order valence-corrected chi connectivity index (χ3v) is 7.56. The predicted molar refractivity (Wildman–Crippen MR) is 126 cm³/mol. The third kappa shape index (κ3) is 4.42. The number of carbonyl (C=O) groups is 1. The van der Waals surface area contributed by atoms with Crippen molar-refractivity contribution in [1.82, 2.24) is 14.8 Å². The van der Waals surface area contributed by atoms with Gasteiger partial charge in [-0.1, -0.05) is 18.2 Å². The van der Waals surface area contributed by atoms with Crippen LogP contribution in [0.15, 0.2) is 48.4 Å². The topological polar surface area (TPSA) is 125 Å². The fourth-order valence-electron chi connectivity index (χ4n) is 4.32. The van der Waals surface area contributed by atoms with Crippen LogP contribution < -0.4 is 25.8 Å². The van der Waals surface area contributed by atoms with Gasteiger partial charge in [-0.2, -0.15) is 13.1 Å². The number of hydrogen-bond donors (Lipinski definition) is 5. The monoisotopic (exact) mass is 527 g/mol. The highest BCUT2D eigenvalue weighted by Crippen LogP contribution is 2.48. The van der Waals surface area contributed by atoms with Gasteiger partial charge in [-0.25, -0.2) is 22.3 Å². The number of allylic oxidation sites excluding steroid dienone is 1. The number of hydrogen-bond acceptors (Lipinski definition) is 5. The van der Waals surface area contributed by atoms with Crippen LogP contribution in [0.3, 0.4) is 0 Å². The molecule has 0 spiro atoms. The molecule has 0 radical (unpaired) electrons.